The van der Waals surface area contributed by atoms with Gasteiger partial charge >= 0.3 is 0 Å². The van der Waals surface area contributed by atoms with Crippen molar-refractivity contribution in [1.82, 2.24) is 9.21 Å². The van der Waals surface area contributed by atoms with E-state index in [0.29, 0.717) is 13.1 Å². The third kappa shape index (κ3) is 4.29. The van der Waals surface area contributed by atoms with Crippen LogP contribution in [0.5, 0.6) is 0 Å². The van der Waals surface area contributed by atoms with Crippen molar-refractivity contribution in [3.05, 3.63) is 90.2 Å². The van der Waals surface area contributed by atoms with Crippen molar-refractivity contribution in [1.29, 1.82) is 0 Å². The van der Waals surface area contributed by atoms with E-state index in [2.05, 4.69) is 41.3 Å². The average molecular weight is 481 g/mol. The van der Waals surface area contributed by atoms with Crippen LogP contribution in [0, 0.1) is 5.82 Å². The molecule has 2 fully saturated rings. The van der Waals surface area contributed by atoms with Crippen LogP contribution in [0.3, 0.4) is 0 Å². The third-order valence-electron chi connectivity index (χ3n) is 7.19. The Morgan fingerprint density at radius 1 is 0.853 bits per heavy atom. The number of fused-ring (bicyclic) bond motifs is 1. The molecule has 2 heterocycles. The molecule has 178 valence electrons. The molecule has 3 aromatic rings. The van der Waals surface area contributed by atoms with Crippen LogP contribution >= 0.6 is 0 Å². The number of rotatable bonds is 5. The molecular formula is C27H29FN2O3S. The summed E-state index contributed by atoms with van der Waals surface area (Å²) in [4.78, 5) is 2.37. The van der Waals surface area contributed by atoms with Gasteiger partial charge in [0, 0.05) is 31.1 Å². The van der Waals surface area contributed by atoms with Gasteiger partial charge in [-0.25, -0.2) is 12.8 Å². The first-order chi connectivity index (χ1) is 16.5. The van der Waals surface area contributed by atoms with Crippen molar-refractivity contribution in [2.45, 2.75) is 35.7 Å². The summed E-state index contributed by atoms with van der Waals surface area (Å²) < 4.78 is 41.7. The number of aliphatic hydroxyl groups excluding tert-OH is 1. The van der Waals surface area contributed by atoms with Gasteiger partial charge in [0.15, 0.2) is 0 Å². The lowest BCUT2D eigenvalue weighted by molar-refractivity contribution is -0.0553. The fourth-order valence-electron chi connectivity index (χ4n) is 5.41. The Labute approximate surface area is 200 Å². The third-order valence-corrected chi connectivity index (χ3v) is 9.07. The Morgan fingerprint density at radius 2 is 1.50 bits per heavy atom. The summed E-state index contributed by atoms with van der Waals surface area (Å²) in [7, 11) is -3.74. The quantitative estimate of drug-likeness (QED) is 0.597. The SMILES string of the molecule is O=S(=O)(c1ccc(F)cc1)N1CCCCN2[C@H](CO)[C@@H](c3ccc(-c4ccccc4)cc3)[C@H]2C1. The van der Waals surface area contributed by atoms with E-state index in [1.165, 1.54) is 28.6 Å². The predicted octanol–water partition coefficient (Wildman–Crippen LogP) is 4.11. The maximum atomic E-state index is 13.4. The molecule has 0 bridgehead atoms. The highest BCUT2D eigenvalue weighted by Gasteiger charge is 2.50. The van der Waals surface area contributed by atoms with E-state index in [4.69, 9.17) is 0 Å². The Balaban J connectivity index is 1.42. The second-order valence-electron chi connectivity index (χ2n) is 9.09. The molecule has 0 spiro atoms. The van der Waals surface area contributed by atoms with Gasteiger partial charge in [-0.2, -0.15) is 4.31 Å². The van der Waals surface area contributed by atoms with Gasteiger partial charge in [-0.15, -0.1) is 0 Å². The van der Waals surface area contributed by atoms with Crippen molar-refractivity contribution in [3.8, 4) is 11.1 Å². The largest absolute Gasteiger partial charge is 0.395 e. The van der Waals surface area contributed by atoms with Crippen LogP contribution in [-0.2, 0) is 10.0 Å². The zero-order chi connectivity index (χ0) is 23.7. The number of sulfonamides is 1. The summed E-state index contributed by atoms with van der Waals surface area (Å²) >= 11 is 0. The standard InChI is InChI=1S/C27H29FN2O3S/c28-23-12-14-24(15-13-23)34(32,33)29-16-4-5-17-30-25(18-29)27(26(30)19-31)22-10-8-21(9-11-22)20-6-2-1-3-7-20/h1-3,6-15,25-27,31H,4-5,16-19H2/t25-,26-,27+/m1/s1. The van der Waals surface area contributed by atoms with Gasteiger partial charge in [0.25, 0.3) is 0 Å². The van der Waals surface area contributed by atoms with Crippen LogP contribution in [0.15, 0.2) is 83.8 Å². The molecule has 0 unspecified atom stereocenters. The lowest BCUT2D eigenvalue weighted by Crippen LogP contribution is -2.67. The van der Waals surface area contributed by atoms with Gasteiger partial charge in [-0.1, -0.05) is 54.6 Å². The van der Waals surface area contributed by atoms with Crippen molar-refractivity contribution < 1.29 is 17.9 Å². The molecule has 5 rings (SSSR count). The van der Waals surface area contributed by atoms with Crippen molar-refractivity contribution in [2.75, 3.05) is 26.2 Å². The maximum Gasteiger partial charge on any atom is 0.243 e. The number of halogens is 1. The van der Waals surface area contributed by atoms with E-state index in [-0.39, 0.29) is 29.5 Å². The number of nitrogens with zero attached hydrogens (tertiary/aromatic N) is 2. The van der Waals surface area contributed by atoms with Crippen molar-refractivity contribution in [2.24, 2.45) is 0 Å². The number of benzene rings is 3. The smallest absolute Gasteiger partial charge is 0.243 e. The van der Waals surface area contributed by atoms with E-state index < -0.39 is 15.8 Å². The monoisotopic (exact) mass is 480 g/mol. The van der Waals surface area contributed by atoms with Gasteiger partial charge in [-0.05, 0) is 60.3 Å². The Hall–Kier alpha value is -2.58. The molecule has 3 aromatic carbocycles. The molecule has 2 saturated heterocycles. The number of aliphatic hydroxyl groups is 1. The molecule has 34 heavy (non-hydrogen) atoms. The van der Waals surface area contributed by atoms with E-state index in [0.717, 1.165) is 36.1 Å². The summed E-state index contributed by atoms with van der Waals surface area (Å²) in [5.74, 6) is -0.416. The first kappa shape index (κ1) is 23.2. The first-order valence-electron chi connectivity index (χ1n) is 11.8. The maximum absolute atomic E-state index is 13.4. The van der Waals surface area contributed by atoms with Crippen LogP contribution in [0.2, 0.25) is 0 Å². The zero-order valence-electron chi connectivity index (χ0n) is 18.9. The molecule has 0 aromatic heterocycles. The zero-order valence-corrected chi connectivity index (χ0v) is 19.7. The Morgan fingerprint density at radius 3 is 2.18 bits per heavy atom. The summed E-state index contributed by atoms with van der Waals surface area (Å²) in [6, 6.07) is 23.5. The van der Waals surface area contributed by atoms with Gasteiger partial charge in [0.1, 0.15) is 5.82 Å². The fourth-order valence-corrected chi connectivity index (χ4v) is 6.91. The van der Waals surface area contributed by atoms with Crippen LogP contribution < -0.4 is 0 Å². The number of hydrogen-bond donors (Lipinski definition) is 1. The fraction of sp³-hybridized carbons (Fsp3) is 0.333. The molecule has 3 atom stereocenters. The molecule has 7 heteroatoms. The molecule has 1 N–H and O–H groups in total. The highest BCUT2D eigenvalue weighted by Crippen LogP contribution is 2.43. The van der Waals surface area contributed by atoms with Gasteiger partial charge in [0.2, 0.25) is 10.0 Å². The van der Waals surface area contributed by atoms with E-state index in [1.54, 1.807) is 0 Å². The first-order valence-corrected chi connectivity index (χ1v) is 13.2. The summed E-state index contributed by atoms with van der Waals surface area (Å²) in [6.45, 7) is 1.67. The van der Waals surface area contributed by atoms with Crippen LogP contribution in [-0.4, -0.2) is 61.1 Å². The molecular weight excluding hydrogens is 451 g/mol. The molecule has 0 amide bonds. The minimum atomic E-state index is -3.74. The second kappa shape index (κ2) is 9.58. The minimum absolute atomic E-state index is 0.0183. The van der Waals surface area contributed by atoms with E-state index >= 15 is 0 Å². The highest BCUT2D eigenvalue weighted by atomic mass is 32.2. The van der Waals surface area contributed by atoms with Crippen LogP contribution in [0.4, 0.5) is 4.39 Å². The van der Waals surface area contributed by atoms with Gasteiger partial charge < -0.3 is 5.11 Å². The predicted molar refractivity (Wildman–Crippen MR) is 130 cm³/mol. The minimum Gasteiger partial charge on any atom is -0.395 e. The lowest BCUT2D eigenvalue weighted by atomic mass is 9.74. The van der Waals surface area contributed by atoms with E-state index in [9.17, 15) is 17.9 Å². The average Bonchev–Trinajstić information content (AvgIpc) is 2.84. The van der Waals surface area contributed by atoms with Crippen molar-refractivity contribution in [3.63, 3.8) is 0 Å². The molecule has 0 saturated carbocycles. The Bertz CT molecular complexity index is 1220. The highest BCUT2D eigenvalue weighted by molar-refractivity contribution is 7.89. The Kier molecular flexibility index (Phi) is 6.53. The van der Waals surface area contributed by atoms with Crippen molar-refractivity contribution >= 4 is 10.0 Å². The van der Waals surface area contributed by atoms with Gasteiger partial charge in [-0.3, -0.25) is 4.90 Å². The van der Waals surface area contributed by atoms with E-state index in [1.807, 2.05) is 18.2 Å². The normalized spacial score (nSPS) is 24.0. The summed E-state index contributed by atoms with van der Waals surface area (Å²) in [5.41, 5.74) is 3.38. The van der Waals surface area contributed by atoms with Crippen LogP contribution in [0.1, 0.15) is 24.3 Å². The second-order valence-corrected chi connectivity index (χ2v) is 11.0. The van der Waals surface area contributed by atoms with Crippen LogP contribution in [0.25, 0.3) is 11.1 Å². The molecule has 0 aliphatic carbocycles. The topological polar surface area (TPSA) is 60.9 Å². The molecule has 5 nitrogen and oxygen atoms in total. The number of hydrogen-bond acceptors (Lipinski definition) is 4. The van der Waals surface area contributed by atoms with Gasteiger partial charge in [0.05, 0.1) is 11.5 Å². The summed E-state index contributed by atoms with van der Waals surface area (Å²) in [5, 5.41) is 10.2. The lowest BCUT2D eigenvalue weighted by Gasteiger charge is -2.57. The molecule has 2 aliphatic rings. The summed E-state index contributed by atoms with van der Waals surface area (Å²) in [6.07, 6.45) is 1.61. The molecule has 0 radical (unpaired) electrons. The molecule has 2 aliphatic heterocycles.